The van der Waals surface area contributed by atoms with E-state index in [2.05, 4.69) is 41.0 Å². The predicted octanol–water partition coefficient (Wildman–Crippen LogP) is 5.18. The fraction of sp³-hybridized carbons (Fsp3) is 0.677. The third kappa shape index (κ3) is 13.4. The number of hydrogen-bond acceptors (Lipinski definition) is 10. The quantitative estimate of drug-likeness (QED) is 0.130. The van der Waals surface area contributed by atoms with Crippen molar-refractivity contribution in [3.63, 3.8) is 0 Å². The Morgan fingerprint density at radius 1 is 1.17 bits per heavy atom. The molecule has 4 heterocycles. The molecular formula is C31H44F7N9O5. The Balaban J connectivity index is 0.000000635. The minimum absolute atomic E-state index is 0.00226. The van der Waals surface area contributed by atoms with E-state index in [4.69, 9.17) is 14.9 Å². The maximum Gasteiger partial charge on any atom is 0.407 e. The summed E-state index contributed by atoms with van der Waals surface area (Å²) < 4.78 is 105. The molecule has 6 N–H and O–H groups in total. The number of alkyl carbamates (subject to hydrolysis) is 1. The van der Waals surface area contributed by atoms with Crippen LogP contribution in [0.3, 0.4) is 0 Å². The van der Waals surface area contributed by atoms with Crippen molar-refractivity contribution >= 4 is 29.5 Å². The molecule has 292 valence electrons. The van der Waals surface area contributed by atoms with Crippen LogP contribution in [0.15, 0.2) is 21.8 Å². The number of carbonyl (C=O) groups is 2. The summed E-state index contributed by atoms with van der Waals surface area (Å²) in [5.41, 5.74) is 4.77. The van der Waals surface area contributed by atoms with Crippen molar-refractivity contribution in [3.05, 3.63) is 29.4 Å². The Bertz CT molecular complexity index is 1480. The number of carbonyl (C=O) groups excluding carboxylic acids is 2. The smallest absolute Gasteiger partial charge is 0.407 e. The highest BCUT2D eigenvalue weighted by molar-refractivity contribution is 6.40. The van der Waals surface area contributed by atoms with Gasteiger partial charge in [0.25, 0.3) is 0 Å². The summed E-state index contributed by atoms with van der Waals surface area (Å²) in [6.45, 7) is 1.09. The first-order valence-electron chi connectivity index (χ1n) is 16.6. The zero-order chi connectivity index (χ0) is 38.5. The van der Waals surface area contributed by atoms with E-state index in [9.17, 15) is 40.3 Å². The topological polar surface area (TPSA) is 197 Å². The van der Waals surface area contributed by atoms with Crippen LogP contribution in [0.5, 0.6) is 0 Å². The second-order valence-electron chi connectivity index (χ2n) is 12.3. The highest BCUT2D eigenvalue weighted by atomic mass is 19.4. The van der Waals surface area contributed by atoms with Crippen LogP contribution >= 0.6 is 0 Å². The van der Waals surface area contributed by atoms with E-state index in [1.54, 1.807) is 4.90 Å². The van der Waals surface area contributed by atoms with Gasteiger partial charge >= 0.3 is 18.2 Å². The number of piperidine rings is 1. The Labute approximate surface area is 294 Å². The van der Waals surface area contributed by atoms with Gasteiger partial charge in [-0.1, -0.05) is 11.6 Å². The molecule has 21 heteroatoms. The number of hydrogen-bond donors (Lipinski definition) is 5. The van der Waals surface area contributed by atoms with Gasteiger partial charge in [-0.25, -0.2) is 18.6 Å². The number of amidine groups is 1. The van der Waals surface area contributed by atoms with E-state index in [-0.39, 0.29) is 49.0 Å². The number of morpholine rings is 1. The van der Waals surface area contributed by atoms with Crippen LogP contribution in [0.1, 0.15) is 69.0 Å². The number of ether oxygens (including phenoxy) is 2. The maximum atomic E-state index is 13.3. The van der Waals surface area contributed by atoms with Gasteiger partial charge in [-0.3, -0.25) is 4.79 Å². The molecule has 2 amide bonds. The second-order valence-corrected chi connectivity index (χ2v) is 12.3. The van der Waals surface area contributed by atoms with Crippen molar-refractivity contribution in [3.8, 4) is 0 Å². The average molecular weight is 756 g/mol. The summed E-state index contributed by atoms with van der Waals surface area (Å²) in [5, 5.41) is 16.8. The van der Waals surface area contributed by atoms with Crippen LogP contribution in [-0.4, -0.2) is 95.6 Å². The Morgan fingerprint density at radius 2 is 1.85 bits per heavy atom. The number of H-pyrrole nitrogens is 1. The van der Waals surface area contributed by atoms with Gasteiger partial charge in [0, 0.05) is 57.8 Å². The molecule has 0 bridgehead atoms. The molecule has 5 rings (SSSR count). The predicted molar refractivity (Wildman–Crippen MR) is 172 cm³/mol. The third-order valence-corrected chi connectivity index (χ3v) is 8.13. The normalized spacial score (nSPS) is 20.8. The van der Waals surface area contributed by atoms with E-state index < -0.39 is 67.2 Å². The highest BCUT2D eigenvalue weighted by Gasteiger charge is 2.45. The van der Waals surface area contributed by atoms with Crippen LogP contribution in [0.2, 0.25) is 0 Å². The minimum atomic E-state index is -4.47. The van der Waals surface area contributed by atoms with Crippen LogP contribution in [-0.2, 0) is 33.3 Å². The minimum Gasteiger partial charge on any atom is -0.443 e. The van der Waals surface area contributed by atoms with E-state index in [1.165, 1.54) is 13.2 Å². The van der Waals surface area contributed by atoms with Crippen molar-refractivity contribution in [2.75, 3.05) is 39.9 Å². The number of aromatic nitrogens is 3. The maximum absolute atomic E-state index is 13.3. The highest BCUT2D eigenvalue weighted by Crippen LogP contribution is 2.35. The summed E-state index contributed by atoms with van der Waals surface area (Å²) in [7, 11) is 1.50. The van der Waals surface area contributed by atoms with Crippen molar-refractivity contribution in [1.29, 1.82) is 5.41 Å². The number of nitrogens with zero attached hydrogens (tertiary/aromatic N) is 4. The van der Waals surface area contributed by atoms with Crippen LogP contribution in [0.4, 0.5) is 41.5 Å². The lowest BCUT2D eigenvalue weighted by Gasteiger charge is -2.33. The molecule has 3 fully saturated rings. The molecule has 52 heavy (non-hydrogen) atoms. The molecule has 2 unspecified atom stereocenters. The van der Waals surface area contributed by atoms with E-state index in [0.29, 0.717) is 51.8 Å². The molecule has 0 spiro atoms. The number of amides is 2. The molecule has 2 saturated heterocycles. The van der Waals surface area contributed by atoms with Gasteiger partial charge in [0.15, 0.2) is 5.84 Å². The van der Waals surface area contributed by atoms with Gasteiger partial charge in [0.2, 0.25) is 23.5 Å². The molecule has 2 aromatic rings. The first-order chi connectivity index (χ1) is 24.5. The Hall–Kier alpha value is -4.27. The zero-order valence-electron chi connectivity index (χ0n) is 28.8. The van der Waals surface area contributed by atoms with Crippen LogP contribution in [0, 0.1) is 17.2 Å². The second kappa shape index (κ2) is 19.0. The molecule has 1 saturated carbocycles. The SMILES string of the molecule is CC(F)(F)c1cc(COC(=O)NCc2cnc(/N=C(\C(=N)CC3CC(C(F)(F)F)CNC3=O)N3CCOCC3)[nH]2)no1.CN.FC1(F)CCCCC1. The molecule has 1 aliphatic carbocycles. The van der Waals surface area contributed by atoms with Gasteiger partial charge in [0.05, 0.1) is 43.3 Å². The Kier molecular flexibility index (Phi) is 15.4. The first-order valence-corrected chi connectivity index (χ1v) is 16.6. The average Bonchev–Trinajstić information content (AvgIpc) is 3.77. The first kappa shape index (κ1) is 42.1. The summed E-state index contributed by atoms with van der Waals surface area (Å²) >= 11 is 0. The van der Waals surface area contributed by atoms with Gasteiger partial charge in [-0.15, -0.1) is 0 Å². The Morgan fingerprint density at radius 3 is 2.42 bits per heavy atom. The molecule has 0 radical (unpaired) electrons. The molecule has 0 aromatic carbocycles. The van der Waals surface area contributed by atoms with Crippen molar-refractivity contribution in [2.45, 2.75) is 83.0 Å². The summed E-state index contributed by atoms with van der Waals surface area (Å²) in [4.78, 5) is 37.5. The van der Waals surface area contributed by atoms with Crippen molar-refractivity contribution < 1.29 is 54.3 Å². The lowest BCUT2D eigenvalue weighted by Crippen LogP contribution is -2.49. The number of imidazole rings is 1. The van der Waals surface area contributed by atoms with Gasteiger partial charge in [0.1, 0.15) is 12.3 Å². The lowest BCUT2D eigenvalue weighted by molar-refractivity contribution is -0.183. The fourth-order valence-corrected chi connectivity index (χ4v) is 5.38. The van der Waals surface area contributed by atoms with Crippen molar-refractivity contribution in [2.24, 2.45) is 22.6 Å². The number of nitrogens with two attached hydrogens (primary N) is 1. The molecule has 2 aliphatic heterocycles. The van der Waals surface area contributed by atoms with Gasteiger partial charge < -0.3 is 45.7 Å². The largest absolute Gasteiger partial charge is 0.443 e. The number of aliphatic imine (C=N–C) groups is 1. The number of alkyl halides is 7. The van der Waals surface area contributed by atoms with Gasteiger partial charge in [-0.05, 0) is 26.3 Å². The van der Waals surface area contributed by atoms with Crippen molar-refractivity contribution in [1.82, 2.24) is 30.7 Å². The van der Waals surface area contributed by atoms with E-state index >= 15 is 0 Å². The number of halogens is 7. The van der Waals surface area contributed by atoms with Crippen LogP contribution < -0.4 is 16.4 Å². The standard InChI is InChI=1S/C24H29F5N8O5.C6H10F2.CH5N/c1-23(25,26)18-8-15(36-42-18)12-41-22(39)33-11-16-10-32-21(34-16)35-19(37-2-4-40-5-3-37)17(30)7-13-6-14(24(27,28)29)9-31-20(13)38;7-6(8)4-2-1-3-5-6;1-2/h8,10,13-14,30H,2-7,9,11-12H2,1H3,(H,31,38)(H,32,34)(H,33,39);1-5H2;2H2,1H3/b30-17?,35-19+;;. The van der Waals surface area contributed by atoms with E-state index in [0.717, 1.165) is 12.5 Å². The monoisotopic (exact) mass is 755 g/mol. The third-order valence-electron chi connectivity index (χ3n) is 8.13. The van der Waals surface area contributed by atoms with E-state index in [1.807, 2.05) is 0 Å². The zero-order valence-corrected chi connectivity index (χ0v) is 28.8. The number of nitrogens with one attached hydrogen (secondary N) is 4. The molecule has 3 aliphatic rings. The summed E-state index contributed by atoms with van der Waals surface area (Å²) in [6, 6.07) is 0.978. The molecule has 14 nitrogen and oxygen atoms in total. The summed E-state index contributed by atoms with van der Waals surface area (Å²) in [5.74, 6) is -9.31. The molecular weight excluding hydrogens is 711 g/mol. The molecule has 2 atom stereocenters. The number of rotatable bonds is 9. The fourth-order valence-electron chi connectivity index (χ4n) is 5.38. The van der Waals surface area contributed by atoms with Crippen LogP contribution in [0.25, 0.3) is 0 Å². The molecule has 2 aromatic heterocycles. The lowest BCUT2D eigenvalue weighted by atomic mass is 9.85. The summed E-state index contributed by atoms with van der Waals surface area (Å²) in [6.07, 6.45) is -1.99. The number of aromatic amines is 1. The van der Waals surface area contributed by atoms with Gasteiger partial charge in [-0.2, -0.15) is 26.9 Å².